The van der Waals surface area contributed by atoms with Crippen molar-refractivity contribution < 1.29 is 14.3 Å². The number of nitrogens with one attached hydrogen (secondary N) is 1. The van der Waals surface area contributed by atoms with E-state index in [9.17, 15) is 4.79 Å². The first kappa shape index (κ1) is 22.9. The van der Waals surface area contributed by atoms with Crippen LogP contribution in [0.2, 0.25) is 0 Å². The Balaban J connectivity index is 0.956. The van der Waals surface area contributed by atoms with Crippen molar-refractivity contribution in [3.05, 3.63) is 59.7 Å². The topological polar surface area (TPSA) is 54.0 Å². The van der Waals surface area contributed by atoms with E-state index in [1.807, 2.05) is 12.1 Å². The largest absolute Gasteiger partial charge is 0.454 e. The summed E-state index contributed by atoms with van der Waals surface area (Å²) < 4.78 is 10.8. The highest BCUT2D eigenvalue weighted by Crippen LogP contribution is 2.37. The molecule has 2 aromatic rings. The van der Waals surface area contributed by atoms with E-state index in [0.29, 0.717) is 23.1 Å². The molecule has 2 aromatic carbocycles. The molecule has 4 atom stereocenters. The fourth-order valence-corrected chi connectivity index (χ4v) is 6.67. The van der Waals surface area contributed by atoms with Crippen LogP contribution in [0.3, 0.4) is 0 Å². The number of hydrogen-bond donors (Lipinski definition) is 1. The van der Waals surface area contributed by atoms with Crippen molar-refractivity contribution >= 4 is 5.91 Å². The second-order valence-corrected chi connectivity index (χ2v) is 10.9. The first-order valence-corrected chi connectivity index (χ1v) is 13.4. The molecular weight excluding hydrogens is 438 g/mol. The van der Waals surface area contributed by atoms with Gasteiger partial charge in [-0.05, 0) is 93.3 Å². The Hall–Kier alpha value is -2.57. The molecule has 0 aromatic heterocycles. The minimum absolute atomic E-state index is 0.0270. The van der Waals surface area contributed by atoms with E-state index in [4.69, 9.17) is 9.47 Å². The van der Waals surface area contributed by atoms with Crippen molar-refractivity contribution in [1.82, 2.24) is 15.1 Å². The van der Waals surface area contributed by atoms with Gasteiger partial charge < -0.3 is 19.7 Å². The zero-order chi connectivity index (χ0) is 23.6. The highest BCUT2D eigenvalue weighted by Gasteiger charge is 2.40. The van der Waals surface area contributed by atoms with Crippen LogP contribution in [0.4, 0.5) is 0 Å². The number of likely N-dealkylation sites (tertiary alicyclic amines) is 1. The number of fused-ring (bicyclic) bond motifs is 4. The number of carbonyl (C=O) groups excluding carboxylic acids is 1. The van der Waals surface area contributed by atoms with Gasteiger partial charge in [-0.25, -0.2) is 0 Å². The Morgan fingerprint density at radius 2 is 1.80 bits per heavy atom. The molecule has 7 rings (SSSR count). The van der Waals surface area contributed by atoms with E-state index < -0.39 is 0 Å². The molecule has 5 heterocycles. The normalized spacial score (nSPS) is 28.2. The molecule has 4 unspecified atom stereocenters. The lowest BCUT2D eigenvalue weighted by Gasteiger charge is -2.51. The van der Waals surface area contributed by atoms with Crippen LogP contribution in [0.5, 0.6) is 11.5 Å². The molecular formula is C29H37N3O3. The van der Waals surface area contributed by atoms with Gasteiger partial charge in [0.2, 0.25) is 6.79 Å². The first-order chi connectivity index (χ1) is 17.2. The summed E-state index contributed by atoms with van der Waals surface area (Å²) in [6.07, 6.45) is 6.39. The summed E-state index contributed by atoms with van der Waals surface area (Å²) in [4.78, 5) is 18.1. The van der Waals surface area contributed by atoms with Gasteiger partial charge in [-0.3, -0.25) is 9.69 Å². The average Bonchev–Trinajstić information content (AvgIpc) is 3.38. The third-order valence-electron chi connectivity index (χ3n) is 8.71. The van der Waals surface area contributed by atoms with Crippen molar-refractivity contribution in [1.29, 1.82) is 0 Å². The summed E-state index contributed by atoms with van der Waals surface area (Å²) in [7, 11) is 0. The maximum Gasteiger partial charge on any atom is 0.251 e. The van der Waals surface area contributed by atoms with Gasteiger partial charge in [0, 0.05) is 31.2 Å². The molecule has 4 saturated heterocycles. The lowest BCUT2D eigenvalue weighted by Crippen LogP contribution is -2.58. The first-order valence-electron chi connectivity index (χ1n) is 13.4. The van der Waals surface area contributed by atoms with Crippen molar-refractivity contribution in [3.63, 3.8) is 0 Å². The molecule has 1 amide bonds. The Kier molecular flexibility index (Phi) is 6.66. The third-order valence-corrected chi connectivity index (χ3v) is 8.71. The monoisotopic (exact) mass is 475 g/mol. The molecule has 2 bridgehead atoms. The summed E-state index contributed by atoms with van der Waals surface area (Å²) in [5.41, 5.74) is 2.12. The van der Waals surface area contributed by atoms with E-state index in [1.54, 1.807) is 6.07 Å². The maximum atomic E-state index is 12.7. The second kappa shape index (κ2) is 10.2. The van der Waals surface area contributed by atoms with Crippen LogP contribution in [0.25, 0.3) is 0 Å². The number of benzene rings is 2. The minimum atomic E-state index is -0.0270. The van der Waals surface area contributed by atoms with Crippen LogP contribution >= 0.6 is 0 Å². The predicted molar refractivity (Wildman–Crippen MR) is 136 cm³/mol. The van der Waals surface area contributed by atoms with E-state index in [-0.39, 0.29) is 12.7 Å². The van der Waals surface area contributed by atoms with Crippen LogP contribution in [0.15, 0.2) is 48.5 Å². The van der Waals surface area contributed by atoms with Crippen LogP contribution in [0.1, 0.15) is 41.6 Å². The number of nitrogens with zero attached hydrogens (tertiary/aromatic N) is 2. The third kappa shape index (κ3) is 5.19. The molecule has 6 heteroatoms. The number of ether oxygens (including phenoxy) is 2. The molecule has 1 N–H and O–H groups in total. The van der Waals surface area contributed by atoms with E-state index >= 15 is 0 Å². The molecule has 5 aliphatic heterocycles. The van der Waals surface area contributed by atoms with Crippen molar-refractivity contribution in [2.75, 3.05) is 46.1 Å². The molecule has 186 valence electrons. The Morgan fingerprint density at radius 3 is 2.60 bits per heavy atom. The highest BCUT2D eigenvalue weighted by atomic mass is 16.7. The molecule has 5 aliphatic rings. The smallest absolute Gasteiger partial charge is 0.251 e. The van der Waals surface area contributed by atoms with Gasteiger partial charge in [0.05, 0.1) is 0 Å². The van der Waals surface area contributed by atoms with Gasteiger partial charge in [-0.2, -0.15) is 0 Å². The molecule has 35 heavy (non-hydrogen) atoms. The molecule has 0 spiro atoms. The zero-order valence-corrected chi connectivity index (χ0v) is 20.5. The zero-order valence-electron chi connectivity index (χ0n) is 20.5. The summed E-state index contributed by atoms with van der Waals surface area (Å²) >= 11 is 0. The van der Waals surface area contributed by atoms with Crippen LogP contribution in [-0.4, -0.2) is 67.8 Å². The Labute approximate surface area is 208 Å². The lowest BCUT2D eigenvalue weighted by atomic mass is 9.75. The second-order valence-electron chi connectivity index (χ2n) is 10.9. The molecule has 0 aliphatic carbocycles. The number of carbonyl (C=O) groups is 1. The summed E-state index contributed by atoms with van der Waals surface area (Å²) in [6, 6.07) is 16.8. The molecule has 6 nitrogen and oxygen atoms in total. The van der Waals surface area contributed by atoms with Gasteiger partial charge in [-0.1, -0.05) is 30.3 Å². The molecule has 4 fully saturated rings. The number of amides is 1. The van der Waals surface area contributed by atoms with Gasteiger partial charge in [0.15, 0.2) is 11.5 Å². The SMILES string of the molecule is O=C(NCC1CC2CCN1CC2CN1CCC(Cc2ccccc2)CC1)c1ccc2c(c1)OCO2. The van der Waals surface area contributed by atoms with Gasteiger partial charge in [0.1, 0.15) is 0 Å². The number of hydrogen-bond acceptors (Lipinski definition) is 5. The number of rotatable bonds is 7. The minimum Gasteiger partial charge on any atom is -0.454 e. The van der Waals surface area contributed by atoms with E-state index in [2.05, 4.69) is 45.4 Å². The summed E-state index contributed by atoms with van der Waals surface area (Å²) in [5.74, 6) is 3.73. The van der Waals surface area contributed by atoms with Crippen LogP contribution in [-0.2, 0) is 6.42 Å². The Bertz CT molecular complexity index is 1020. The summed E-state index contributed by atoms with van der Waals surface area (Å²) in [6.45, 7) is 7.04. The summed E-state index contributed by atoms with van der Waals surface area (Å²) in [5, 5.41) is 3.18. The molecule has 0 radical (unpaired) electrons. The molecule has 0 saturated carbocycles. The van der Waals surface area contributed by atoms with Crippen molar-refractivity contribution in [3.8, 4) is 11.5 Å². The quantitative estimate of drug-likeness (QED) is 0.660. The van der Waals surface area contributed by atoms with Gasteiger partial charge >= 0.3 is 0 Å². The number of piperidine rings is 4. The van der Waals surface area contributed by atoms with Gasteiger partial charge in [0.25, 0.3) is 5.91 Å². The fourth-order valence-electron chi connectivity index (χ4n) is 6.67. The Morgan fingerprint density at radius 1 is 0.971 bits per heavy atom. The predicted octanol–water partition coefficient (Wildman–Crippen LogP) is 3.81. The van der Waals surface area contributed by atoms with Crippen LogP contribution in [0, 0.1) is 17.8 Å². The highest BCUT2D eigenvalue weighted by molar-refractivity contribution is 5.94. The van der Waals surface area contributed by atoms with Crippen LogP contribution < -0.4 is 14.8 Å². The van der Waals surface area contributed by atoms with E-state index in [1.165, 1.54) is 70.4 Å². The van der Waals surface area contributed by atoms with Crippen molar-refractivity contribution in [2.45, 2.75) is 38.1 Å². The van der Waals surface area contributed by atoms with E-state index in [0.717, 1.165) is 24.3 Å². The average molecular weight is 476 g/mol. The standard InChI is InChI=1S/C29H37N3O3/c33-29(24-6-7-27-28(16-24)35-20-34-27)30-17-26-15-23-10-13-32(26)19-25(23)18-31-11-8-22(9-12-31)14-21-4-2-1-3-5-21/h1-7,16,22-23,25-26H,8-15,17-20H2,(H,30,33). The maximum absolute atomic E-state index is 12.7. The fraction of sp³-hybridized carbons (Fsp3) is 0.552. The van der Waals surface area contributed by atoms with Crippen molar-refractivity contribution in [2.24, 2.45) is 17.8 Å². The van der Waals surface area contributed by atoms with Gasteiger partial charge in [-0.15, -0.1) is 0 Å². The lowest BCUT2D eigenvalue weighted by molar-refractivity contribution is -0.0151.